The molecule has 100 valence electrons. The Morgan fingerprint density at radius 2 is 2.05 bits per heavy atom. The van der Waals surface area contributed by atoms with E-state index in [2.05, 4.69) is 16.0 Å². The number of fused-ring (bicyclic) bond motifs is 1. The molecule has 1 fully saturated rings. The summed E-state index contributed by atoms with van der Waals surface area (Å²) in [5.74, 6) is -0.0182. The second-order valence-electron chi connectivity index (χ2n) is 4.90. The van der Waals surface area contributed by atoms with Gasteiger partial charge in [-0.15, -0.1) is 0 Å². The quantitative estimate of drug-likeness (QED) is 0.850. The van der Waals surface area contributed by atoms with E-state index in [-0.39, 0.29) is 5.91 Å². The Morgan fingerprint density at radius 1 is 1.30 bits per heavy atom. The summed E-state index contributed by atoms with van der Waals surface area (Å²) in [6.07, 6.45) is 5.68. The van der Waals surface area contributed by atoms with Gasteiger partial charge in [0.15, 0.2) is 0 Å². The van der Waals surface area contributed by atoms with Gasteiger partial charge in [-0.2, -0.15) is 5.26 Å². The Bertz CT molecular complexity index is 688. The molecule has 5 heteroatoms. The van der Waals surface area contributed by atoms with Crippen LogP contribution in [0.1, 0.15) is 29.6 Å². The molecule has 0 atom stereocenters. The standard InChI is InChI=1S/C15H14N4O/c16-6-1-9-19(12-3-4-12)15(20)11-2-5-13-14(10-11)18-8-7-17-13/h2,5,7-8,10,12H,1,3-4,9H2. The summed E-state index contributed by atoms with van der Waals surface area (Å²) in [5.41, 5.74) is 2.11. The molecule has 0 radical (unpaired) electrons. The van der Waals surface area contributed by atoms with Crippen molar-refractivity contribution in [1.82, 2.24) is 14.9 Å². The van der Waals surface area contributed by atoms with E-state index in [0.717, 1.165) is 23.9 Å². The van der Waals surface area contributed by atoms with Crippen LogP contribution in [0.25, 0.3) is 11.0 Å². The van der Waals surface area contributed by atoms with Gasteiger partial charge in [0.05, 0.1) is 23.5 Å². The summed E-state index contributed by atoms with van der Waals surface area (Å²) in [6.45, 7) is 0.499. The zero-order valence-electron chi connectivity index (χ0n) is 11.0. The van der Waals surface area contributed by atoms with Crippen LogP contribution in [-0.4, -0.2) is 33.4 Å². The molecular formula is C15H14N4O. The van der Waals surface area contributed by atoms with E-state index in [4.69, 9.17) is 5.26 Å². The number of amides is 1. The zero-order valence-corrected chi connectivity index (χ0v) is 11.0. The van der Waals surface area contributed by atoms with Crippen LogP contribution in [0.2, 0.25) is 0 Å². The van der Waals surface area contributed by atoms with Crippen molar-refractivity contribution in [3.63, 3.8) is 0 Å². The highest BCUT2D eigenvalue weighted by molar-refractivity contribution is 5.97. The van der Waals surface area contributed by atoms with Gasteiger partial charge in [0, 0.05) is 30.5 Å². The first-order valence-corrected chi connectivity index (χ1v) is 6.68. The molecule has 1 aromatic heterocycles. The average Bonchev–Trinajstić information content (AvgIpc) is 3.32. The van der Waals surface area contributed by atoms with Gasteiger partial charge in [0.25, 0.3) is 5.91 Å². The molecule has 1 saturated carbocycles. The zero-order chi connectivity index (χ0) is 13.9. The fourth-order valence-electron chi connectivity index (χ4n) is 2.27. The minimum atomic E-state index is -0.0182. The number of carbonyl (C=O) groups excluding carboxylic acids is 1. The maximum Gasteiger partial charge on any atom is 0.254 e. The molecule has 1 amide bonds. The molecule has 1 aliphatic rings. The minimum Gasteiger partial charge on any atom is -0.335 e. The SMILES string of the molecule is N#CCCN(C(=O)c1ccc2nccnc2c1)C1CC1. The van der Waals surface area contributed by atoms with Gasteiger partial charge >= 0.3 is 0 Å². The summed E-state index contributed by atoms with van der Waals surface area (Å²) in [4.78, 5) is 22.8. The third-order valence-electron chi connectivity index (χ3n) is 3.43. The van der Waals surface area contributed by atoms with Gasteiger partial charge < -0.3 is 4.90 Å². The Morgan fingerprint density at radius 3 is 2.75 bits per heavy atom. The van der Waals surface area contributed by atoms with Gasteiger partial charge in [0.2, 0.25) is 0 Å². The first-order valence-electron chi connectivity index (χ1n) is 6.68. The lowest BCUT2D eigenvalue weighted by Crippen LogP contribution is -2.33. The second kappa shape index (κ2) is 5.25. The molecule has 2 aromatic rings. The van der Waals surface area contributed by atoms with Crippen LogP contribution in [0.15, 0.2) is 30.6 Å². The van der Waals surface area contributed by atoms with Crippen LogP contribution in [0.3, 0.4) is 0 Å². The van der Waals surface area contributed by atoms with Crippen molar-refractivity contribution < 1.29 is 4.79 Å². The molecule has 3 rings (SSSR count). The molecule has 5 nitrogen and oxygen atoms in total. The lowest BCUT2D eigenvalue weighted by Gasteiger charge is -2.21. The van der Waals surface area contributed by atoms with Crippen LogP contribution < -0.4 is 0 Å². The summed E-state index contributed by atoms with van der Waals surface area (Å²) in [5, 5.41) is 8.70. The lowest BCUT2D eigenvalue weighted by atomic mass is 10.1. The lowest BCUT2D eigenvalue weighted by molar-refractivity contribution is 0.0747. The Kier molecular flexibility index (Phi) is 3.30. The van der Waals surface area contributed by atoms with E-state index in [1.807, 2.05) is 6.07 Å². The number of aromatic nitrogens is 2. The number of hydrogen-bond donors (Lipinski definition) is 0. The molecule has 0 aliphatic heterocycles. The summed E-state index contributed by atoms with van der Waals surface area (Å²) >= 11 is 0. The van der Waals surface area contributed by atoms with E-state index in [1.54, 1.807) is 29.4 Å². The van der Waals surface area contributed by atoms with Gasteiger partial charge in [-0.05, 0) is 31.0 Å². The fourth-order valence-corrected chi connectivity index (χ4v) is 2.27. The number of carbonyl (C=O) groups is 1. The molecule has 0 bridgehead atoms. The largest absolute Gasteiger partial charge is 0.335 e. The van der Waals surface area contributed by atoms with Gasteiger partial charge in [-0.1, -0.05) is 0 Å². The molecule has 1 heterocycles. The predicted molar refractivity (Wildman–Crippen MR) is 73.8 cm³/mol. The molecule has 0 spiro atoms. The summed E-state index contributed by atoms with van der Waals surface area (Å²) < 4.78 is 0. The first-order chi connectivity index (χ1) is 9.79. The molecule has 20 heavy (non-hydrogen) atoms. The van der Waals surface area contributed by atoms with Crippen molar-refractivity contribution in [2.45, 2.75) is 25.3 Å². The van der Waals surface area contributed by atoms with Crippen molar-refractivity contribution >= 4 is 16.9 Å². The van der Waals surface area contributed by atoms with Crippen LogP contribution in [0.5, 0.6) is 0 Å². The first kappa shape index (κ1) is 12.5. The van der Waals surface area contributed by atoms with Crippen LogP contribution in [0.4, 0.5) is 0 Å². The topological polar surface area (TPSA) is 69.9 Å². The molecular weight excluding hydrogens is 252 g/mol. The van der Waals surface area contributed by atoms with E-state index in [0.29, 0.717) is 24.6 Å². The molecule has 0 N–H and O–H groups in total. The number of hydrogen-bond acceptors (Lipinski definition) is 4. The summed E-state index contributed by atoms with van der Waals surface area (Å²) in [7, 11) is 0. The maximum absolute atomic E-state index is 12.5. The van der Waals surface area contributed by atoms with E-state index < -0.39 is 0 Å². The smallest absolute Gasteiger partial charge is 0.254 e. The van der Waals surface area contributed by atoms with E-state index >= 15 is 0 Å². The Balaban J connectivity index is 1.88. The Labute approximate surface area is 116 Å². The van der Waals surface area contributed by atoms with Crippen LogP contribution in [-0.2, 0) is 0 Å². The number of nitriles is 1. The number of rotatable bonds is 4. The van der Waals surface area contributed by atoms with Crippen molar-refractivity contribution in [3.05, 3.63) is 36.2 Å². The number of benzene rings is 1. The summed E-state index contributed by atoms with van der Waals surface area (Å²) in [6, 6.07) is 7.76. The molecule has 0 saturated heterocycles. The molecule has 0 unspecified atom stereocenters. The highest BCUT2D eigenvalue weighted by atomic mass is 16.2. The van der Waals surface area contributed by atoms with Gasteiger partial charge in [-0.3, -0.25) is 14.8 Å². The minimum absolute atomic E-state index is 0.0182. The molecule has 1 aromatic carbocycles. The molecule has 1 aliphatic carbocycles. The predicted octanol–water partition coefficient (Wildman–Crippen LogP) is 2.15. The van der Waals surface area contributed by atoms with Crippen LogP contribution >= 0.6 is 0 Å². The van der Waals surface area contributed by atoms with Crippen molar-refractivity contribution in [3.8, 4) is 6.07 Å². The monoisotopic (exact) mass is 266 g/mol. The second-order valence-corrected chi connectivity index (χ2v) is 4.90. The van der Waals surface area contributed by atoms with Crippen molar-refractivity contribution in [2.24, 2.45) is 0 Å². The number of nitrogens with zero attached hydrogens (tertiary/aromatic N) is 4. The van der Waals surface area contributed by atoms with Gasteiger partial charge in [-0.25, -0.2) is 0 Å². The van der Waals surface area contributed by atoms with E-state index in [9.17, 15) is 4.79 Å². The fraction of sp³-hybridized carbons (Fsp3) is 0.333. The van der Waals surface area contributed by atoms with E-state index in [1.165, 1.54) is 0 Å². The maximum atomic E-state index is 12.5. The van der Waals surface area contributed by atoms with Gasteiger partial charge in [0.1, 0.15) is 0 Å². The highest BCUT2D eigenvalue weighted by Gasteiger charge is 2.32. The normalized spacial score (nSPS) is 13.9. The van der Waals surface area contributed by atoms with Crippen molar-refractivity contribution in [2.75, 3.05) is 6.54 Å². The van der Waals surface area contributed by atoms with Crippen molar-refractivity contribution in [1.29, 1.82) is 5.26 Å². The third-order valence-corrected chi connectivity index (χ3v) is 3.43. The highest BCUT2D eigenvalue weighted by Crippen LogP contribution is 2.28. The average molecular weight is 266 g/mol. The Hall–Kier alpha value is -2.48. The van der Waals surface area contributed by atoms with Crippen LogP contribution in [0, 0.1) is 11.3 Å². The third kappa shape index (κ3) is 2.45.